The Kier molecular flexibility index (Phi) is 2.91. The summed E-state index contributed by atoms with van der Waals surface area (Å²) in [5.74, 6) is 0.789. The van der Waals surface area contributed by atoms with Crippen LogP contribution in [0.5, 0.6) is 0 Å². The van der Waals surface area contributed by atoms with E-state index in [-0.39, 0.29) is 0 Å². The fourth-order valence-corrected chi connectivity index (χ4v) is 4.70. The van der Waals surface area contributed by atoms with Crippen LogP contribution in [0.2, 0.25) is 0 Å². The summed E-state index contributed by atoms with van der Waals surface area (Å²) < 4.78 is 0. The molecule has 19 heavy (non-hydrogen) atoms. The summed E-state index contributed by atoms with van der Waals surface area (Å²) in [7, 11) is 0. The number of rotatable bonds is 3. The van der Waals surface area contributed by atoms with E-state index in [1.54, 1.807) is 11.1 Å². The predicted molar refractivity (Wildman–Crippen MR) is 79.4 cm³/mol. The normalized spacial score (nSPS) is 31.4. The molecule has 0 heterocycles. The molecule has 0 aromatic heterocycles. The number of benzene rings is 1. The van der Waals surface area contributed by atoms with Crippen LogP contribution >= 0.6 is 0 Å². The Labute approximate surface area is 116 Å². The summed E-state index contributed by atoms with van der Waals surface area (Å²) in [4.78, 5) is 0. The van der Waals surface area contributed by atoms with Crippen molar-refractivity contribution < 1.29 is 0 Å². The van der Waals surface area contributed by atoms with Crippen LogP contribution in [-0.2, 0) is 6.42 Å². The first kappa shape index (κ1) is 12.0. The van der Waals surface area contributed by atoms with Crippen molar-refractivity contribution >= 4 is 0 Å². The van der Waals surface area contributed by atoms with E-state index in [1.165, 1.54) is 57.9 Å². The first-order valence-electron chi connectivity index (χ1n) is 8.19. The second-order valence-electron chi connectivity index (χ2n) is 7.02. The van der Waals surface area contributed by atoms with E-state index >= 15 is 0 Å². The lowest BCUT2D eigenvalue weighted by atomic mass is 9.57. The lowest BCUT2D eigenvalue weighted by molar-refractivity contribution is 0.0221. The van der Waals surface area contributed by atoms with Gasteiger partial charge in [-0.3, -0.25) is 0 Å². The van der Waals surface area contributed by atoms with E-state index in [1.807, 2.05) is 0 Å². The van der Waals surface area contributed by atoms with Gasteiger partial charge in [0.05, 0.1) is 0 Å². The highest BCUT2D eigenvalue weighted by Crippen LogP contribution is 2.51. The quantitative estimate of drug-likeness (QED) is 0.860. The van der Waals surface area contributed by atoms with E-state index < -0.39 is 0 Å². The van der Waals surface area contributed by atoms with E-state index in [9.17, 15) is 0 Å². The van der Waals surface area contributed by atoms with Crippen molar-refractivity contribution in [3.63, 3.8) is 0 Å². The Hall–Kier alpha value is -0.820. The maximum absolute atomic E-state index is 3.92. The number of nitrogens with one attached hydrogen (secondary N) is 1. The molecule has 1 spiro atoms. The van der Waals surface area contributed by atoms with Gasteiger partial charge in [-0.1, -0.05) is 43.5 Å². The zero-order valence-electron chi connectivity index (χ0n) is 11.8. The summed E-state index contributed by atoms with van der Waals surface area (Å²) >= 11 is 0. The second kappa shape index (κ2) is 4.63. The molecular weight excluding hydrogens is 230 g/mol. The summed E-state index contributed by atoms with van der Waals surface area (Å²) in [6, 6.07) is 9.81. The van der Waals surface area contributed by atoms with Crippen LogP contribution in [0, 0.1) is 5.41 Å². The molecular formula is C18H25N. The van der Waals surface area contributed by atoms with Crippen LogP contribution in [0.15, 0.2) is 24.3 Å². The lowest BCUT2D eigenvalue weighted by Gasteiger charge is -2.53. The van der Waals surface area contributed by atoms with E-state index in [0.717, 1.165) is 12.0 Å². The first-order valence-corrected chi connectivity index (χ1v) is 8.19. The van der Waals surface area contributed by atoms with Gasteiger partial charge in [0.2, 0.25) is 0 Å². The van der Waals surface area contributed by atoms with Gasteiger partial charge in [-0.25, -0.2) is 0 Å². The summed E-state index contributed by atoms with van der Waals surface area (Å²) in [6.07, 6.45) is 11.6. The smallest absolute Gasteiger partial charge is 0.0124 e. The SMILES string of the molecule is c1ccc2c(c1)CC2CNC1CCC12CCCCC2. The number of hydrogen-bond acceptors (Lipinski definition) is 1. The minimum atomic E-state index is 0.710. The van der Waals surface area contributed by atoms with Gasteiger partial charge in [-0.2, -0.15) is 0 Å². The number of hydrogen-bond donors (Lipinski definition) is 1. The summed E-state index contributed by atoms with van der Waals surface area (Å²) in [5, 5.41) is 3.92. The molecule has 2 saturated carbocycles. The third-order valence-electron chi connectivity index (χ3n) is 6.09. The van der Waals surface area contributed by atoms with Crippen molar-refractivity contribution in [1.29, 1.82) is 0 Å². The molecule has 2 atom stereocenters. The molecule has 1 heteroatoms. The van der Waals surface area contributed by atoms with Gasteiger partial charge in [0.25, 0.3) is 0 Å². The minimum absolute atomic E-state index is 0.710. The molecule has 1 aromatic carbocycles. The molecule has 0 saturated heterocycles. The Morgan fingerprint density at radius 1 is 1.05 bits per heavy atom. The molecule has 2 fully saturated rings. The molecule has 4 rings (SSSR count). The molecule has 0 aliphatic heterocycles. The summed E-state index contributed by atoms with van der Waals surface area (Å²) in [5.41, 5.74) is 3.89. The van der Waals surface area contributed by atoms with Gasteiger partial charge >= 0.3 is 0 Å². The second-order valence-corrected chi connectivity index (χ2v) is 7.02. The van der Waals surface area contributed by atoms with Crippen molar-refractivity contribution in [2.24, 2.45) is 5.41 Å². The highest BCUT2D eigenvalue weighted by atomic mass is 15.0. The van der Waals surface area contributed by atoms with Crippen LogP contribution < -0.4 is 5.32 Å². The minimum Gasteiger partial charge on any atom is -0.313 e. The highest BCUT2D eigenvalue weighted by molar-refractivity contribution is 5.40. The van der Waals surface area contributed by atoms with Crippen LogP contribution in [-0.4, -0.2) is 12.6 Å². The monoisotopic (exact) mass is 255 g/mol. The lowest BCUT2D eigenvalue weighted by Crippen LogP contribution is -2.55. The molecule has 1 N–H and O–H groups in total. The summed E-state index contributed by atoms with van der Waals surface area (Å²) in [6.45, 7) is 1.21. The molecule has 3 aliphatic carbocycles. The fourth-order valence-electron chi connectivity index (χ4n) is 4.70. The molecule has 3 aliphatic rings. The predicted octanol–water partition coefficient (Wildman–Crippen LogP) is 4.03. The molecule has 1 aromatic rings. The van der Waals surface area contributed by atoms with Crippen LogP contribution in [0.4, 0.5) is 0 Å². The van der Waals surface area contributed by atoms with Crippen LogP contribution in [0.3, 0.4) is 0 Å². The third-order valence-corrected chi connectivity index (χ3v) is 6.09. The average Bonchev–Trinajstić information content (AvgIpc) is 2.43. The maximum atomic E-state index is 3.92. The molecule has 1 nitrogen and oxygen atoms in total. The van der Waals surface area contributed by atoms with Crippen molar-refractivity contribution in [3.05, 3.63) is 35.4 Å². The van der Waals surface area contributed by atoms with E-state index in [4.69, 9.17) is 0 Å². The maximum Gasteiger partial charge on any atom is 0.0124 e. The van der Waals surface area contributed by atoms with Gasteiger partial charge in [-0.15, -0.1) is 0 Å². The van der Waals surface area contributed by atoms with Gasteiger partial charge in [0.15, 0.2) is 0 Å². The van der Waals surface area contributed by atoms with Crippen molar-refractivity contribution in [2.75, 3.05) is 6.54 Å². The standard InChI is InChI=1S/C18H25N/c1-4-9-18(10-5-1)11-8-17(18)19-13-15-12-14-6-2-3-7-16(14)15/h2-3,6-7,15,17,19H,1,4-5,8-13H2. The van der Waals surface area contributed by atoms with Crippen LogP contribution in [0.1, 0.15) is 62.0 Å². The Balaban J connectivity index is 1.34. The largest absolute Gasteiger partial charge is 0.313 e. The van der Waals surface area contributed by atoms with Crippen LogP contribution in [0.25, 0.3) is 0 Å². The number of fused-ring (bicyclic) bond motifs is 1. The van der Waals surface area contributed by atoms with Gasteiger partial charge in [0, 0.05) is 18.5 Å². The molecule has 2 unspecified atom stereocenters. The van der Waals surface area contributed by atoms with E-state index in [0.29, 0.717) is 5.41 Å². The molecule has 0 bridgehead atoms. The van der Waals surface area contributed by atoms with Crippen molar-refractivity contribution in [3.8, 4) is 0 Å². The van der Waals surface area contributed by atoms with Crippen molar-refractivity contribution in [2.45, 2.75) is 63.3 Å². The van der Waals surface area contributed by atoms with E-state index in [2.05, 4.69) is 29.6 Å². The molecule has 102 valence electrons. The highest BCUT2D eigenvalue weighted by Gasteiger charge is 2.46. The van der Waals surface area contributed by atoms with Gasteiger partial charge in [-0.05, 0) is 48.6 Å². The average molecular weight is 255 g/mol. The third kappa shape index (κ3) is 1.94. The Morgan fingerprint density at radius 3 is 2.63 bits per heavy atom. The fraction of sp³-hybridized carbons (Fsp3) is 0.667. The molecule has 0 amide bonds. The van der Waals surface area contributed by atoms with Crippen molar-refractivity contribution in [1.82, 2.24) is 5.32 Å². The van der Waals surface area contributed by atoms with Gasteiger partial charge in [0.1, 0.15) is 0 Å². The zero-order valence-corrected chi connectivity index (χ0v) is 11.8. The van der Waals surface area contributed by atoms with Gasteiger partial charge < -0.3 is 5.32 Å². The topological polar surface area (TPSA) is 12.0 Å². The zero-order chi connectivity index (χ0) is 12.7. The first-order chi connectivity index (χ1) is 9.37. The Bertz CT molecular complexity index is 459. The molecule has 0 radical (unpaired) electrons. The Morgan fingerprint density at radius 2 is 1.89 bits per heavy atom.